The van der Waals surface area contributed by atoms with E-state index in [1.54, 1.807) is 0 Å². The Morgan fingerprint density at radius 2 is 0.606 bits per heavy atom. The SMILES string of the molecule is CCC(F)(F)CC(F)(F)CC(F)(F)CC(F)(F)CC(F)(F)CC(F)(F)CC(F)(F)CC(C)C. The minimum Gasteiger partial charge on any atom is -0.207 e. The van der Waals surface area contributed by atoms with Gasteiger partial charge >= 0.3 is 0 Å². The molecule has 14 heteroatoms. The first-order valence-electron chi connectivity index (χ1n) is 9.87. The molecule has 33 heavy (non-hydrogen) atoms. The summed E-state index contributed by atoms with van der Waals surface area (Å²) in [5, 5.41) is 0. The normalized spacial score (nSPS) is 15.5. The predicted molar refractivity (Wildman–Crippen MR) is 92.1 cm³/mol. The molecule has 0 bridgehead atoms. The fourth-order valence-corrected chi connectivity index (χ4v) is 3.38. The Bertz CT molecular complexity index is 610. The van der Waals surface area contributed by atoms with Crippen LogP contribution in [0.25, 0.3) is 0 Å². The van der Waals surface area contributed by atoms with Crippen LogP contribution in [0.4, 0.5) is 61.5 Å². The molecular formula is C19H26F14. The van der Waals surface area contributed by atoms with Crippen molar-refractivity contribution in [3.8, 4) is 0 Å². The first kappa shape index (κ1) is 32.0. The van der Waals surface area contributed by atoms with Gasteiger partial charge in [-0.3, -0.25) is 0 Å². The van der Waals surface area contributed by atoms with Crippen molar-refractivity contribution in [2.24, 2.45) is 5.92 Å². The van der Waals surface area contributed by atoms with Crippen LogP contribution in [-0.4, -0.2) is 41.5 Å². The molecule has 0 fully saturated rings. The first-order chi connectivity index (χ1) is 14.2. The third-order valence-corrected chi connectivity index (χ3v) is 4.33. The highest BCUT2D eigenvalue weighted by Crippen LogP contribution is 2.48. The molecule has 0 aliphatic carbocycles. The number of rotatable bonds is 15. The standard InChI is InChI=1S/C19H26F14/c1-4-13(20,21)6-15(24,25)8-17(28,29)10-19(32,33)11-18(30,31)9-16(26,27)7-14(22,23)5-12(2)3/h12H,4-11H2,1-3H3. The number of hydrogen-bond acceptors (Lipinski definition) is 0. The third kappa shape index (κ3) is 14.1. The lowest BCUT2D eigenvalue weighted by Gasteiger charge is -2.31. The molecule has 0 rings (SSSR count). The molecule has 0 atom stereocenters. The molecule has 0 radical (unpaired) electrons. The predicted octanol–water partition coefficient (Wildman–Crippen LogP) is 9.23. The van der Waals surface area contributed by atoms with Crippen molar-refractivity contribution in [3.05, 3.63) is 0 Å². The second kappa shape index (κ2) is 10.3. The second-order valence-electron chi connectivity index (χ2n) is 9.00. The van der Waals surface area contributed by atoms with Crippen LogP contribution in [0, 0.1) is 5.92 Å². The van der Waals surface area contributed by atoms with Gasteiger partial charge in [0.1, 0.15) is 0 Å². The van der Waals surface area contributed by atoms with E-state index in [9.17, 15) is 61.5 Å². The molecule has 0 unspecified atom stereocenters. The molecule has 0 aromatic carbocycles. The van der Waals surface area contributed by atoms with Crippen LogP contribution in [0.1, 0.15) is 72.1 Å². The van der Waals surface area contributed by atoms with Gasteiger partial charge in [0.2, 0.25) is 0 Å². The lowest BCUT2D eigenvalue weighted by atomic mass is 9.92. The quantitative estimate of drug-likeness (QED) is 0.189. The van der Waals surface area contributed by atoms with Gasteiger partial charge in [0.05, 0.1) is 38.5 Å². The molecule has 0 saturated carbocycles. The van der Waals surface area contributed by atoms with E-state index in [4.69, 9.17) is 0 Å². The van der Waals surface area contributed by atoms with Gasteiger partial charge in [-0.25, -0.2) is 61.5 Å². The molecule has 0 aromatic rings. The van der Waals surface area contributed by atoms with E-state index >= 15 is 0 Å². The van der Waals surface area contributed by atoms with Gasteiger partial charge in [0, 0.05) is 12.8 Å². The maximum Gasteiger partial charge on any atom is 0.259 e. The third-order valence-electron chi connectivity index (χ3n) is 4.33. The topological polar surface area (TPSA) is 0 Å². The Morgan fingerprint density at radius 1 is 0.394 bits per heavy atom. The van der Waals surface area contributed by atoms with Crippen LogP contribution >= 0.6 is 0 Å². The highest BCUT2D eigenvalue weighted by Gasteiger charge is 2.57. The number of halogens is 14. The molecule has 0 N–H and O–H groups in total. The Labute approximate surface area is 182 Å². The maximum atomic E-state index is 13.7. The van der Waals surface area contributed by atoms with Crippen LogP contribution in [0.15, 0.2) is 0 Å². The fraction of sp³-hybridized carbons (Fsp3) is 1.00. The molecular weight excluding hydrogens is 494 g/mol. The van der Waals surface area contributed by atoms with Crippen LogP contribution in [0.2, 0.25) is 0 Å². The monoisotopic (exact) mass is 520 g/mol. The molecule has 0 aromatic heterocycles. The van der Waals surface area contributed by atoms with Crippen LogP contribution in [-0.2, 0) is 0 Å². The van der Waals surface area contributed by atoms with Gasteiger partial charge in [-0.1, -0.05) is 20.8 Å². The Kier molecular flexibility index (Phi) is 10.0. The Hall–Kier alpha value is -0.980. The van der Waals surface area contributed by atoms with Crippen LogP contribution < -0.4 is 0 Å². The summed E-state index contributed by atoms with van der Waals surface area (Å²) in [7, 11) is 0. The molecule has 0 nitrogen and oxygen atoms in total. The molecule has 200 valence electrons. The highest BCUT2D eigenvalue weighted by molar-refractivity contribution is 4.90. The molecule has 0 spiro atoms. The zero-order valence-electron chi connectivity index (χ0n) is 18.0. The van der Waals surface area contributed by atoms with Crippen LogP contribution in [0.3, 0.4) is 0 Å². The fourth-order valence-electron chi connectivity index (χ4n) is 3.38. The molecule has 0 aliphatic rings. The summed E-state index contributed by atoms with van der Waals surface area (Å²) in [5.74, 6) is -34.1. The van der Waals surface area contributed by atoms with Crippen molar-refractivity contribution in [1.29, 1.82) is 0 Å². The van der Waals surface area contributed by atoms with E-state index in [0.29, 0.717) is 0 Å². The minimum absolute atomic E-state index is 0.763. The zero-order valence-corrected chi connectivity index (χ0v) is 18.0. The van der Waals surface area contributed by atoms with E-state index in [0.717, 1.165) is 6.92 Å². The average Bonchev–Trinajstić information content (AvgIpc) is 2.36. The maximum absolute atomic E-state index is 13.7. The molecule has 0 heterocycles. The van der Waals surface area contributed by atoms with E-state index in [-0.39, 0.29) is 0 Å². The van der Waals surface area contributed by atoms with Gasteiger partial charge in [-0.15, -0.1) is 0 Å². The smallest absolute Gasteiger partial charge is 0.207 e. The summed E-state index contributed by atoms with van der Waals surface area (Å²) in [6.45, 7) is 3.22. The Balaban J connectivity index is 5.25. The summed E-state index contributed by atoms with van der Waals surface area (Å²) in [6, 6.07) is 0. The van der Waals surface area contributed by atoms with Gasteiger partial charge in [0.15, 0.2) is 0 Å². The van der Waals surface area contributed by atoms with Crippen molar-refractivity contribution < 1.29 is 61.5 Å². The second-order valence-corrected chi connectivity index (χ2v) is 9.00. The summed E-state index contributed by atoms with van der Waals surface area (Å²) < 4.78 is 190. The summed E-state index contributed by atoms with van der Waals surface area (Å²) in [6.07, 6.45) is -18.6. The molecule has 0 amide bonds. The van der Waals surface area contributed by atoms with Crippen molar-refractivity contribution in [3.63, 3.8) is 0 Å². The van der Waals surface area contributed by atoms with Crippen LogP contribution in [0.5, 0.6) is 0 Å². The first-order valence-corrected chi connectivity index (χ1v) is 9.87. The minimum atomic E-state index is -5.19. The molecule has 0 aliphatic heterocycles. The lowest BCUT2D eigenvalue weighted by Crippen LogP contribution is -2.42. The largest absolute Gasteiger partial charge is 0.259 e. The number of hydrogen-bond donors (Lipinski definition) is 0. The Morgan fingerprint density at radius 3 is 0.818 bits per heavy atom. The van der Waals surface area contributed by atoms with Gasteiger partial charge in [-0.05, 0) is 5.92 Å². The van der Waals surface area contributed by atoms with Crippen molar-refractivity contribution in [2.45, 2.75) is 114 Å². The highest BCUT2D eigenvalue weighted by atomic mass is 19.3. The summed E-state index contributed by atoms with van der Waals surface area (Å²) in [4.78, 5) is 0. The zero-order chi connectivity index (χ0) is 26.7. The van der Waals surface area contributed by atoms with E-state index in [1.807, 2.05) is 0 Å². The van der Waals surface area contributed by atoms with E-state index in [1.165, 1.54) is 13.8 Å². The molecule has 0 saturated heterocycles. The average molecular weight is 520 g/mol. The van der Waals surface area contributed by atoms with Gasteiger partial charge in [0.25, 0.3) is 41.5 Å². The van der Waals surface area contributed by atoms with Gasteiger partial charge < -0.3 is 0 Å². The summed E-state index contributed by atoms with van der Waals surface area (Å²) in [5.41, 5.74) is 0. The summed E-state index contributed by atoms with van der Waals surface area (Å²) >= 11 is 0. The van der Waals surface area contributed by atoms with Crippen molar-refractivity contribution in [2.75, 3.05) is 0 Å². The van der Waals surface area contributed by atoms with Gasteiger partial charge in [-0.2, -0.15) is 0 Å². The van der Waals surface area contributed by atoms with E-state index < -0.39 is 98.7 Å². The van der Waals surface area contributed by atoms with E-state index in [2.05, 4.69) is 0 Å². The number of alkyl halides is 14. The van der Waals surface area contributed by atoms with Crippen molar-refractivity contribution in [1.82, 2.24) is 0 Å². The lowest BCUT2D eigenvalue weighted by molar-refractivity contribution is -0.205. The van der Waals surface area contributed by atoms with Crippen molar-refractivity contribution >= 4 is 0 Å².